The first-order valence-electron chi connectivity index (χ1n) is 8.83. The number of hydrogen-bond donors (Lipinski definition) is 2. The molecule has 0 fully saturated rings. The van der Waals surface area contributed by atoms with Crippen LogP contribution in [0.2, 0.25) is 0 Å². The second-order valence-corrected chi connectivity index (χ2v) is 6.73. The molecule has 0 radical (unpaired) electrons. The number of aromatic amines is 1. The molecule has 0 aromatic carbocycles. The lowest BCUT2D eigenvalue weighted by Gasteiger charge is -2.14. The SMILES string of the molecule is Cc1nn(C)c(N(C)C)c1-c1noc(C)c1C(=O)NCCCc1cn[nH]c1. The molecule has 0 aliphatic carbocycles. The van der Waals surface area contributed by atoms with Gasteiger partial charge < -0.3 is 14.7 Å². The summed E-state index contributed by atoms with van der Waals surface area (Å²) < 4.78 is 7.14. The van der Waals surface area contributed by atoms with Gasteiger partial charge in [0.15, 0.2) is 0 Å². The monoisotopic (exact) mass is 371 g/mol. The second kappa shape index (κ2) is 7.65. The largest absolute Gasteiger partial charge is 0.362 e. The van der Waals surface area contributed by atoms with Crippen molar-refractivity contribution in [3.05, 3.63) is 35.0 Å². The van der Waals surface area contributed by atoms with E-state index in [1.807, 2.05) is 39.2 Å². The normalized spacial score (nSPS) is 11.0. The summed E-state index contributed by atoms with van der Waals surface area (Å²) in [7, 11) is 5.74. The molecule has 9 nitrogen and oxygen atoms in total. The van der Waals surface area contributed by atoms with Gasteiger partial charge in [0.25, 0.3) is 5.91 Å². The number of amides is 1. The molecule has 3 heterocycles. The van der Waals surface area contributed by atoms with E-state index >= 15 is 0 Å². The fourth-order valence-electron chi connectivity index (χ4n) is 3.24. The van der Waals surface area contributed by atoms with Gasteiger partial charge in [0.1, 0.15) is 22.8 Å². The van der Waals surface area contributed by atoms with Crippen LogP contribution < -0.4 is 10.2 Å². The number of carbonyl (C=O) groups is 1. The fourth-order valence-corrected chi connectivity index (χ4v) is 3.24. The van der Waals surface area contributed by atoms with E-state index in [-0.39, 0.29) is 5.91 Å². The van der Waals surface area contributed by atoms with Crippen LogP contribution in [0.25, 0.3) is 11.3 Å². The average Bonchev–Trinajstić information content (AvgIpc) is 3.30. The molecule has 0 unspecified atom stereocenters. The fraction of sp³-hybridized carbons (Fsp3) is 0.444. The van der Waals surface area contributed by atoms with E-state index in [9.17, 15) is 4.79 Å². The molecule has 144 valence electrons. The van der Waals surface area contributed by atoms with E-state index < -0.39 is 0 Å². The van der Waals surface area contributed by atoms with E-state index in [1.165, 1.54) is 0 Å². The smallest absolute Gasteiger partial charge is 0.257 e. The van der Waals surface area contributed by atoms with Crippen molar-refractivity contribution in [1.29, 1.82) is 0 Å². The zero-order chi connectivity index (χ0) is 19.6. The molecule has 0 aliphatic rings. The van der Waals surface area contributed by atoms with Gasteiger partial charge in [-0.2, -0.15) is 10.2 Å². The molecule has 9 heteroatoms. The van der Waals surface area contributed by atoms with Crippen molar-refractivity contribution in [2.75, 3.05) is 25.5 Å². The van der Waals surface area contributed by atoms with Crippen LogP contribution in [-0.4, -0.2) is 51.7 Å². The zero-order valence-electron chi connectivity index (χ0n) is 16.3. The Bertz CT molecular complexity index is 922. The van der Waals surface area contributed by atoms with Gasteiger partial charge in [-0.05, 0) is 32.3 Å². The highest BCUT2D eigenvalue weighted by molar-refractivity contribution is 6.02. The molecule has 3 aromatic rings. The average molecular weight is 371 g/mol. The van der Waals surface area contributed by atoms with Crippen LogP contribution in [-0.2, 0) is 13.5 Å². The maximum absolute atomic E-state index is 12.8. The standard InChI is InChI=1S/C18H25N7O2/c1-11-14(18(24(3)4)25(5)22-11)16-15(12(2)27-23-16)17(26)19-8-6-7-13-9-20-21-10-13/h9-10H,6-8H2,1-5H3,(H,19,26)(H,20,21). The van der Waals surface area contributed by atoms with Gasteiger partial charge >= 0.3 is 0 Å². The van der Waals surface area contributed by atoms with Gasteiger partial charge in [-0.3, -0.25) is 14.6 Å². The number of rotatable bonds is 7. The molecule has 0 saturated heterocycles. The minimum atomic E-state index is -0.191. The maximum Gasteiger partial charge on any atom is 0.257 e. The van der Waals surface area contributed by atoms with E-state index in [0.717, 1.165) is 35.5 Å². The Balaban J connectivity index is 1.80. The van der Waals surface area contributed by atoms with E-state index in [2.05, 4.69) is 25.8 Å². The van der Waals surface area contributed by atoms with E-state index in [0.29, 0.717) is 23.6 Å². The Morgan fingerprint density at radius 3 is 2.81 bits per heavy atom. The van der Waals surface area contributed by atoms with Gasteiger partial charge in [0.05, 0.1) is 17.5 Å². The van der Waals surface area contributed by atoms with Crippen LogP contribution in [0.4, 0.5) is 5.82 Å². The molecule has 27 heavy (non-hydrogen) atoms. The second-order valence-electron chi connectivity index (χ2n) is 6.73. The van der Waals surface area contributed by atoms with Crippen molar-refractivity contribution in [1.82, 2.24) is 30.5 Å². The number of H-pyrrole nitrogens is 1. The van der Waals surface area contributed by atoms with Crippen molar-refractivity contribution < 1.29 is 9.32 Å². The minimum absolute atomic E-state index is 0.191. The molecular weight excluding hydrogens is 346 g/mol. The summed E-state index contributed by atoms with van der Waals surface area (Å²) >= 11 is 0. The Labute approximate surface area is 157 Å². The Hall–Kier alpha value is -3.10. The maximum atomic E-state index is 12.8. The predicted octanol–water partition coefficient (Wildman–Crippen LogP) is 1.84. The van der Waals surface area contributed by atoms with Crippen LogP contribution in [0, 0.1) is 13.8 Å². The van der Waals surface area contributed by atoms with Crippen molar-refractivity contribution in [2.45, 2.75) is 26.7 Å². The molecule has 1 amide bonds. The molecular formula is C18H25N7O2. The van der Waals surface area contributed by atoms with Crippen molar-refractivity contribution in [3.8, 4) is 11.3 Å². The van der Waals surface area contributed by atoms with Gasteiger partial charge in [-0.1, -0.05) is 5.16 Å². The number of carbonyl (C=O) groups excluding carboxylic acids is 1. The molecule has 0 atom stereocenters. The molecule has 0 spiro atoms. The first-order valence-corrected chi connectivity index (χ1v) is 8.83. The summed E-state index contributed by atoms with van der Waals surface area (Å²) in [6.45, 7) is 4.21. The third-order valence-electron chi connectivity index (χ3n) is 4.42. The lowest BCUT2D eigenvalue weighted by Crippen LogP contribution is -2.25. The van der Waals surface area contributed by atoms with Crippen molar-refractivity contribution >= 4 is 11.7 Å². The van der Waals surface area contributed by atoms with Gasteiger partial charge in [0, 0.05) is 33.9 Å². The summed E-state index contributed by atoms with van der Waals surface area (Å²) in [5.74, 6) is 1.17. The Kier molecular flexibility index (Phi) is 5.29. The minimum Gasteiger partial charge on any atom is -0.362 e. The molecule has 2 N–H and O–H groups in total. The van der Waals surface area contributed by atoms with Crippen LogP contribution in [0.3, 0.4) is 0 Å². The van der Waals surface area contributed by atoms with Crippen LogP contribution in [0.5, 0.6) is 0 Å². The zero-order valence-corrected chi connectivity index (χ0v) is 16.3. The van der Waals surface area contributed by atoms with Gasteiger partial charge in [0.2, 0.25) is 0 Å². The van der Waals surface area contributed by atoms with Crippen molar-refractivity contribution in [2.24, 2.45) is 7.05 Å². The summed E-state index contributed by atoms with van der Waals surface area (Å²) in [6, 6.07) is 0. The number of nitrogens with zero attached hydrogens (tertiary/aromatic N) is 5. The first-order chi connectivity index (χ1) is 12.9. The van der Waals surface area contributed by atoms with Gasteiger partial charge in [-0.25, -0.2) is 0 Å². The summed E-state index contributed by atoms with van der Waals surface area (Å²) in [5.41, 5.74) is 3.70. The molecule has 0 bridgehead atoms. The summed E-state index contributed by atoms with van der Waals surface area (Å²) in [6.07, 6.45) is 5.31. The van der Waals surface area contributed by atoms with E-state index in [4.69, 9.17) is 4.52 Å². The highest BCUT2D eigenvalue weighted by Gasteiger charge is 2.27. The topological polar surface area (TPSA) is 105 Å². The quantitative estimate of drug-likeness (QED) is 0.614. The summed E-state index contributed by atoms with van der Waals surface area (Å²) in [5, 5.41) is 18.3. The van der Waals surface area contributed by atoms with Crippen LogP contribution in [0.1, 0.15) is 33.8 Å². The lowest BCUT2D eigenvalue weighted by molar-refractivity contribution is 0.0952. The first kappa shape index (κ1) is 18.7. The number of hydrogen-bond acceptors (Lipinski definition) is 6. The molecule has 3 aromatic heterocycles. The number of aromatic nitrogens is 5. The lowest BCUT2D eigenvalue weighted by atomic mass is 10.1. The highest BCUT2D eigenvalue weighted by Crippen LogP contribution is 2.35. The molecule has 0 saturated carbocycles. The van der Waals surface area contributed by atoms with Crippen molar-refractivity contribution in [3.63, 3.8) is 0 Å². The number of aryl methyl sites for hydroxylation is 4. The molecule has 0 aliphatic heterocycles. The molecule has 3 rings (SSSR count). The Morgan fingerprint density at radius 2 is 2.15 bits per heavy atom. The predicted molar refractivity (Wildman–Crippen MR) is 102 cm³/mol. The van der Waals surface area contributed by atoms with Crippen LogP contribution in [0.15, 0.2) is 16.9 Å². The highest BCUT2D eigenvalue weighted by atomic mass is 16.5. The number of nitrogens with one attached hydrogen (secondary N) is 2. The number of anilines is 1. The summed E-state index contributed by atoms with van der Waals surface area (Å²) in [4.78, 5) is 14.8. The van der Waals surface area contributed by atoms with E-state index in [1.54, 1.807) is 17.8 Å². The third kappa shape index (κ3) is 3.71. The van der Waals surface area contributed by atoms with Gasteiger partial charge in [-0.15, -0.1) is 0 Å². The third-order valence-corrected chi connectivity index (χ3v) is 4.42. The Morgan fingerprint density at radius 1 is 1.37 bits per heavy atom. The van der Waals surface area contributed by atoms with Crippen LogP contribution >= 0.6 is 0 Å².